The summed E-state index contributed by atoms with van der Waals surface area (Å²) < 4.78 is 2.07. The Morgan fingerprint density at radius 1 is 1.30 bits per heavy atom. The lowest BCUT2D eigenvalue weighted by Crippen LogP contribution is -2.35. The van der Waals surface area contributed by atoms with Gasteiger partial charge in [0, 0.05) is 25.1 Å². The highest BCUT2D eigenvalue weighted by atomic mass is 15.3. The number of anilines is 2. The quantitative estimate of drug-likeness (QED) is 0.895. The van der Waals surface area contributed by atoms with Gasteiger partial charge >= 0.3 is 0 Å². The Bertz CT molecular complexity index is 619. The molecule has 0 unspecified atom stereocenters. The molecule has 0 aromatic carbocycles. The third-order valence-electron chi connectivity index (χ3n) is 3.62. The first-order valence-electron chi connectivity index (χ1n) is 6.93. The lowest BCUT2D eigenvalue weighted by molar-refractivity contribution is 0.554. The van der Waals surface area contributed by atoms with Gasteiger partial charge in [0.2, 0.25) is 0 Å². The predicted octanol–water partition coefficient (Wildman–Crippen LogP) is 0.931. The number of hydrogen-bond acceptors (Lipinski definition) is 6. The second-order valence-corrected chi connectivity index (χ2v) is 5.09. The standard InChI is InChI=1S/C13H19N7/c1-3-4-10-16-12(14)9(2)13(17-10)19-5-6-20-8-15-18-11(20)7-19/h8H,3-7H2,1-2H3,(H2,14,16,17). The maximum absolute atomic E-state index is 6.02. The summed E-state index contributed by atoms with van der Waals surface area (Å²) in [4.78, 5) is 11.2. The van der Waals surface area contributed by atoms with E-state index in [4.69, 9.17) is 5.73 Å². The molecule has 2 aromatic heterocycles. The third-order valence-corrected chi connectivity index (χ3v) is 3.62. The Morgan fingerprint density at radius 3 is 2.95 bits per heavy atom. The van der Waals surface area contributed by atoms with Crippen molar-refractivity contribution in [3.63, 3.8) is 0 Å². The fourth-order valence-electron chi connectivity index (χ4n) is 2.46. The van der Waals surface area contributed by atoms with Crippen LogP contribution in [0.5, 0.6) is 0 Å². The molecule has 2 N–H and O–H groups in total. The summed E-state index contributed by atoms with van der Waals surface area (Å²) in [7, 11) is 0. The smallest absolute Gasteiger partial charge is 0.152 e. The number of nitrogens with zero attached hydrogens (tertiary/aromatic N) is 6. The zero-order chi connectivity index (χ0) is 14.1. The molecule has 0 spiro atoms. The molecule has 0 saturated heterocycles. The fraction of sp³-hybridized carbons (Fsp3) is 0.538. The van der Waals surface area contributed by atoms with Crippen LogP contribution in [0, 0.1) is 6.92 Å². The Labute approximate surface area is 117 Å². The molecule has 0 atom stereocenters. The first kappa shape index (κ1) is 12.8. The molecule has 7 heteroatoms. The van der Waals surface area contributed by atoms with Crippen LogP contribution in [0.15, 0.2) is 6.33 Å². The number of fused-ring (bicyclic) bond motifs is 1. The van der Waals surface area contributed by atoms with Crippen molar-refractivity contribution in [3.8, 4) is 0 Å². The van der Waals surface area contributed by atoms with Gasteiger partial charge in [-0.3, -0.25) is 0 Å². The maximum Gasteiger partial charge on any atom is 0.152 e. The highest BCUT2D eigenvalue weighted by molar-refractivity contribution is 5.56. The molecule has 106 valence electrons. The number of hydrogen-bond donors (Lipinski definition) is 1. The second kappa shape index (κ2) is 5.07. The van der Waals surface area contributed by atoms with Crippen molar-refractivity contribution >= 4 is 11.6 Å². The van der Waals surface area contributed by atoms with Gasteiger partial charge in [-0.2, -0.15) is 0 Å². The van der Waals surface area contributed by atoms with Gasteiger partial charge in [0.25, 0.3) is 0 Å². The van der Waals surface area contributed by atoms with E-state index in [1.807, 2.05) is 6.92 Å². The summed E-state index contributed by atoms with van der Waals surface area (Å²) in [5.74, 6) is 3.28. The molecule has 20 heavy (non-hydrogen) atoms. The van der Waals surface area contributed by atoms with E-state index in [1.54, 1.807) is 6.33 Å². The van der Waals surface area contributed by atoms with Crippen LogP contribution >= 0.6 is 0 Å². The summed E-state index contributed by atoms with van der Waals surface area (Å²) in [5.41, 5.74) is 6.96. The van der Waals surface area contributed by atoms with Crippen LogP contribution in [-0.2, 0) is 19.5 Å². The maximum atomic E-state index is 6.02. The van der Waals surface area contributed by atoms with Crippen molar-refractivity contribution in [1.29, 1.82) is 0 Å². The molecule has 2 aromatic rings. The van der Waals surface area contributed by atoms with Crippen LogP contribution in [0.2, 0.25) is 0 Å². The fourth-order valence-corrected chi connectivity index (χ4v) is 2.46. The van der Waals surface area contributed by atoms with Crippen LogP contribution < -0.4 is 10.6 Å². The number of aryl methyl sites for hydroxylation is 1. The predicted molar refractivity (Wildman–Crippen MR) is 76.2 cm³/mol. The van der Waals surface area contributed by atoms with Gasteiger partial charge in [-0.1, -0.05) is 6.92 Å². The lowest BCUT2D eigenvalue weighted by Gasteiger charge is -2.29. The summed E-state index contributed by atoms with van der Waals surface area (Å²) in [6.07, 6.45) is 3.63. The monoisotopic (exact) mass is 273 g/mol. The van der Waals surface area contributed by atoms with Crippen molar-refractivity contribution in [2.24, 2.45) is 0 Å². The number of nitrogens with two attached hydrogens (primary N) is 1. The SMILES string of the molecule is CCCc1nc(N)c(C)c(N2CCn3cnnc3C2)n1. The first-order chi connectivity index (χ1) is 9.69. The Balaban J connectivity index is 1.94. The van der Waals surface area contributed by atoms with Gasteiger partial charge in [-0.25, -0.2) is 9.97 Å². The zero-order valence-electron chi connectivity index (χ0n) is 11.9. The van der Waals surface area contributed by atoms with Crippen molar-refractivity contribution in [1.82, 2.24) is 24.7 Å². The number of rotatable bonds is 3. The van der Waals surface area contributed by atoms with E-state index in [0.29, 0.717) is 12.4 Å². The minimum atomic E-state index is 0.575. The molecule has 1 aliphatic rings. The first-order valence-corrected chi connectivity index (χ1v) is 6.93. The van der Waals surface area contributed by atoms with Crippen molar-refractivity contribution < 1.29 is 0 Å². The largest absolute Gasteiger partial charge is 0.383 e. The highest BCUT2D eigenvalue weighted by Crippen LogP contribution is 2.25. The van der Waals surface area contributed by atoms with E-state index in [1.165, 1.54) is 0 Å². The van der Waals surface area contributed by atoms with Gasteiger partial charge < -0.3 is 15.2 Å². The van der Waals surface area contributed by atoms with E-state index in [9.17, 15) is 0 Å². The molecule has 0 amide bonds. The van der Waals surface area contributed by atoms with Gasteiger partial charge in [-0.05, 0) is 13.3 Å². The van der Waals surface area contributed by atoms with Gasteiger partial charge in [0.1, 0.15) is 23.8 Å². The topological polar surface area (TPSA) is 85.8 Å². The zero-order valence-corrected chi connectivity index (χ0v) is 11.9. The number of nitrogen functional groups attached to an aromatic ring is 1. The van der Waals surface area contributed by atoms with Gasteiger partial charge in [0.15, 0.2) is 5.82 Å². The molecule has 3 heterocycles. The van der Waals surface area contributed by atoms with E-state index >= 15 is 0 Å². The van der Waals surface area contributed by atoms with Crippen LogP contribution in [0.4, 0.5) is 11.6 Å². The molecule has 0 aliphatic carbocycles. The summed E-state index contributed by atoms with van der Waals surface area (Å²) in [6.45, 7) is 6.55. The van der Waals surface area contributed by atoms with E-state index < -0.39 is 0 Å². The number of aromatic nitrogens is 5. The van der Waals surface area contributed by atoms with E-state index in [2.05, 4.69) is 36.6 Å². The van der Waals surface area contributed by atoms with Gasteiger partial charge in [-0.15, -0.1) is 10.2 Å². The van der Waals surface area contributed by atoms with Crippen LogP contribution in [0.3, 0.4) is 0 Å². The molecular formula is C13H19N7. The van der Waals surface area contributed by atoms with Gasteiger partial charge in [0.05, 0.1) is 6.54 Å². The molecule has 0 radical (unpaired) electrons. The molecule has 0 bridgehead atoms. The molecule has 0 fully saturated rings. The molecule has 1 aliphatic heterocycles. The molecule has 3 rings (SSSR count). The second-order valence-electron chi connectivity index (χ2n) is 5.09. The van der Waals surface area contributed by atoms with Crippen LogP contribution in [-0.4, -0.2) is 31.3 Å². The normalized spacial score (nSPS) is 14.4. The Morgan fingerprint density at radius 2 is 2.15 bits per heavy atom. The lowest BCUT2D eigenvalue weighted by atomic mass is 10.2. The summed E-state index contributed by atoms with van der Waals surface area (Å²) >= 11 is 0. The third kappa shape index (κ3) is 2.19. The van der Waals surface area contributed by atoms with Crippen LogP contribution in [0.25, 0.3) is 0 Å². The minimum absolute atomic E-state index is 0.575. The highest BCUT2D eigenvalue weighted by Gasteiger charge is 2.21. The molecule has 0 saturated carbocycles. The Kier molecular flexibility index (Phi) is 3.25. The summed E-state index contributed by atoms with van der Waals surface area (Å²) in [6, 6.07) is 0. The van der Waals surface area contributed by atoms with E-state index in [0.717, 1.165) is 49.0 Å². The average molecular weight is 273 g/mol. The molecule has 7 nitrogen and oxygen atoms in total. The van der Waals surface area contributed by atoms with Crippen molar-refractivity contribution in [2.75, 3.05) is 17.2 Å². The van der Waals surface area contributed by atoms with Crippen molar-refractivity contribution in [3.05, 3.63) is 23.5 Å². The van der Waals surface area contributed by atoms with Crippen LogP contribution in [0.1, 0.15) is 30.6 Å². The van der Waals surface area contributed by atoms with Crippen molar-refractivity contribution in [2.45, 2.75) is 39.8 Å². The summed E-state index contributed by atoms with van der Waals surface area (Å²) in [5, 5.41) is 8.09. The average Bonchev–Trinajstić information content (AvgIpc) is 2.90. The van der Waals surface area contributed by atoms with E-state index in [-0.39, 0.29) is 0 Å². The Hall–Kier alpha value is -2.18. The molecular weight excluding hydrogens is 254 g/mol. The minimum Gasteiger partial charge on any atom is -0.383 e.